The first-order valence-electron chi connectivity index (χ1n) is 7.09. The Bertz CT molecular complexity index is 614. The summed E-state index contributed by atoms with van der Waals surface area (Å²) >= 11 is 0. The van der Waals surface area contributed by atoms with Crippen molar-refractivity contribution in [2.45, 2.75) is 40.5 Å². The number of aryl methyl sites for hydroxylation is 2. The number of nitrogens with zero attached hydrogens (tertiary/aromatic N) is 1. The molecule has 0 aliphatic carbocycles. The lowest BCUT2D eigenvalue weighted by atomic mass is 10.1. The quantitative estimate of drug-likeness (QED) is 0.911. The first kappa shape index (κ1) is 14.6. The lowest BCUT2D eigenvalue weighted by molar-refractivity contribution is -0.120. The number of carbonyl (C=O) groups is 1. The Morgan fingerprint density at radius 2 is 2.10 bits per heavy atom. The summed E-state index contributed by atoms with van der Waals surface area (Å²) in [7, 11) is 0. The fraction of sp³-hybridized carbons (Fsp3) is 0.500. The van der Waals surface area contributed by atoms with Crippen molar-refractivity contribution in [1.82, 2.24) is 10.5 Å². The van der Waals surface area contributed by atoms with Crippen molar-refractivity contribution < 1.29 is 9.32 Å². The zero-order chi connectivity index (χ0) is 14.7. The van der Waals surface area contributed by atoms with E-state index in [1.54, 1.807) is 0 Å². The Balaban J connectivity index is 2.08. The second-order valence-electron chi connectivity index (χ2n) is 5.80. The van der Waals surface area contributed by atoms with Crippen molar-refractivity contribution in [1.29, 1.82) is 0 Å². The number of fused-ring (bicyclic) bond motifs is 1. The number of rotatable bonds is 5. The highest BCUT2D eigenvalue weighted by Gasteiger charge is 2.14. The van der Waals surface area contributed by atoms with Gasteiger partial charge < -0.3 is 9.84 Å². The van der Waals surface area contributed by atoms with E-state index in [-0.39, 0.29) is 12.3 Å². The Labute approximate surface area is 119 Å². The van der Waals surface area contributed by atoms with Gasteiger partial charge in [0.05, 0.1) is 6.42 Å². The summed E-state index contributed by atoms with van der Waals surface area (Å²) in [6.07, 6.45) is 1.26. The Hall–Kier alpha value is -1.84. The molecule has 0 fully saturated rings. The molecule has 20 heavy (non-hydrogen) atoms. The number of hydrogen-bond donors (Lipinski definition) is 1. The van der Waals surface area contributed by atoms with E-state index in [0.717, 1.165) is 28.5 Å². The molecule has 108 valence electrons. The molecule has 1 aromatic heterocycles. The molecule has 0 unspecified atom stereocenters. The van der Waals surface area contributed by atoms with Crippen LogP contribution in [0.25, 0.3) is 11.0 Å². The fourth-order valence-corrected chi connectivity index (χ4v) is 2.28. The average Bonchev–Trinajstić information content (AvgIpc) is 2.72. The van der Waals surface area contributed by atoms with Crippen LogP contribution in [-0.2, 0) is 11.2 Å². The maximum Gasteiger partial charge on any atom is 0.226 e. The van der Waals surface area contributed by atoms with E-state index in [9.17, 15) is 4.79 Å². The van der Waals surface area contributed by atoms with Crippen LogP contribution in [0, 0.1) is 19.8 Å². The summed E-state index contributed by atoms with van der Waals surface area (Å²) in [6.45, 7) is 9.02. The van der Waals surface area contributed by atoms with Crippen LogP contribution >= 0.6 is 0 Å². The van der Waals surface area contributed by atoms with E-state index >= 15 is 0 Å². The van der Waals surface area contributed by atoms with E-state index in [0.29, 0.717) is 18.2 Å². The molecule has 2 aromatic rings. The second kappa shape index (κ2) is 6.07. The van der Waals surface area contributed by atoms with Crippen molar-refractivity contribution in [2.75, 3.05) is 6.54 Å². The smallest absolute Gasteiger partial charge is 0.226 e. The third-order valence-electron chi connectivity index (χ3n) is 3.35. The number of carbonyl (C=O) groups excluding carboxylic acids is 1. The third kappa shape index (κ3) is 3.38. The topological polar surface area (TPSA) is 55.1 Å². The van der Waals surface area contributed by atoms with Gasteiger partial charge in [-0.15, -0.1) is 0 Å². The van der Waals surface area contributed by atoms with Crippen molar-refractivity contribution in [3.05, 3.63) is 29.0 Å². The number of nitrogens with one attached hydrogen (secondary N) is 1. The van der Waals surface area contributed by atoms with Gasteiger partial charge in [-0.1, -0.05) is 25.1 Å². The van der Waals surface area contributed by atoms with Crippen LogP contribution in [0.4, 0.5) is 0 Å². The largest absolute Gasteiger partial charge is 0.356 e. The van der Waals surface area contributed by atoms with Gasteiger partial charge in [-0.25, -0.2) is 0 Å². The van der Waals surface area contributed by atoms with Gasteiger partial charge in [-0.2, -0.15) is 0 Å². The number of amides is 1. The zero-order valence-corrected chi connectivity index (χ0v) is 12.6. The molecule has 0 aliphatic rings. The molecular weight excluding hydrogens is 252 g/mol. The van der Waals surface area contributed by atoms with Crippen LogP contribution in [0.5, 0.6) is 0 Å². The van der Waals surface area contributed by atoms with E-state index in [1.165, 1.54) is 0 Å². The Morgan fingerprint density at radius 1 is 1.35 bits per heavy atom. The molecule has 0 bridgehead atoms. The van der Waals surface area contributed by atoms with Crippen LogP contribution in [0.2, 0.25) is 0 Å². The van der Waals surface area contributed by atoms with Crippen molar-refractivity contribution in [3.63, 3.8) is 0 Å². The van der Waals surface area contributed by atoms with Gasteiger partial charge in [0, 0.05) is 11.9 Å². The minimum Gasteiger partial charge on any atom is -0.356 e. The van der Waals surface area contributed by atoms with Crippen LogP contribution in [0.15, 0.2) is 16.7 Å². The summed E-state index contributed by atoms with van der Waals surface area (Å²) in [4.78, 5) is 11.9. The summed E-state index contributed by atoms with van der Waals surface area (Å²) in [5.41, 5.74) is 3.70. The molecule has 0 saturated carbocycles. The van der Waals surface area contributed by atoms with Crippen molar-refractivity contribution in [2.24, 2.45) is 5.92 Å². The summed E-state index contributed by atoms with van der Waals surface area (Å²) in [5, 5.41) is 7.92. The molecule has 0 atom stereocenters. The Morgan fingerprint density at radius 3 is 2.80 bits per heavy atom. The van der Waals surface area contributed by atoms with Crippen molar-refractivity contribution in [3.8, 4) is 0 Å². The Kier molecular flexibility index (Phi) is 4.42. The van der Waals surface area contributed by atoms with E-state index < -0.39 is 0 Å². The van der Waals surface area contributed by atoms with Gasteiger partial charge in [0.15, 0.2) is 5.58 Å². The molecule has 1 aromatic carbocycles. The van der Waals surface area contributed by atoms with Gasteiger partial charge in [0.25, 0.3) is 0 Å². The maximum absolute atomic E-state index is 11.9. The van der Waals surface area contributed by atoms with Gasteiger partial charge in [0.1, 0.15) is 5.69 Å². The predicted octanol–water partition coefficient (Wildman–Crippen LogP) is 3.15. The lowest BCUT2D eigenvalue weighted by Gasteiger charge is -2.06. The highest BCUT2D eigenvalue weighted by atomic mass is 16.5. The molecule has 2 rings (SSSR count). The standard InChI is InChI=1S/C16H22N2O2/c1-10(2)5-6-17-15(19)9-14-13-8-11(3)7-12(4)16(13)20-18-14/h7-8,10H,5-6,9H2,1-4H3,(H,17,19). The summed E-state index contributed by atoms with van der Waals surface area (Å²) in [5.74, 6) is 0.591. The number of aromatic nitrogens is 1. The van der Waals surface area contributed by atoms with Crippen LogP contribution < -0.4 is 5.32 Å². The summed E-state index contributed by atoms with van der Waals surface area (Å²) in [6, 6.07) is 4.08. The highest BCUT2D eigenvalue weighted by molar-refractivity contribution is 5.88. The third-order valence-corrected chi connectivity index (χ3v) is 3.35. The van der Waals surface area contributed by atoms with E-state index in [1.807, 2.05) is 19.9 Å². The average molecular weight is 274 g/mol. The van der Waals surface area contributed by atoms with Crippen LogP contribution in [0.3, 0.4) is 0 Å². The number of benzene rings is 1. The fourth-order valence-electron chi connectivity index (χ4n) is 2.28. The first-order valence-corrected chi connectivity index (χ1v) is 7.09. The normalized spacial score (nSPS) is 11.2. The molecule has 0 spiro atoms. The van der Waals surface area contributed by atoms with Crippen LogP contribution in [-0.4, -0.2) is 17.6 Å². The molecule has 1 heterocycles. The SMILES string of the molecule is Cc1cc(C)c2onc(CC(=O)NCCC(C)C)c2c1. The molecule has 1 N–H and O–H groups in total. The zero-order valence-electron chi connectivity index (χ0n) is 12.6. The van der Waals surface area contributed by atoms with Gasteiger partial charge in [0.2, 0.25) is 5.91 Å². The molecule has 0 aliphatic heterocycles. The second-order valence-corrected chi connectivity index (χ2v) is 5.80. The van der Waals surface area contributed by atoms with E-state index in [4.69, 9.17) is 4.52 Å². The minimum atomic E-state index is 0.00000850. The molecule has 0 saturated heterocycles. The minimum absolute atomic E-state index is 0.00000850. The van der Waals surface area contributed by atoms with Gasteiger partial charge in [-0.3, -0.25) is 4.79 Å². The monoisotopic (exact) mass is 274 g/mol. The van der Waals surface area contributed by atoms with Gasteiger partial charge >= 0.3 is 0 Å². The van der Waals surface area contributed by atoms with Crippen LogP contribution in [0.1, 0.15) is 37.1 Å². The molecular formula is C16H22N2O2. The predicted molar refractivity (Wildman–Crippen MR) is 79.7 cm³/mol. The van der Waals surface area contributed by atoms with Crippen molar-refractivity contribution >= 4 is 16.9 Å². The highest BCUT2D eigenvalue weighted by Crippen LogP contribution is 2.24. The summed E-state index contributed by atoms with van der Waals surface area (Å²) < 4.78 is 5.35. The molecule has 1 amide bonds. The molecule has 4 nitrogen and oxygen atoms in total. The maximum atomic E-state index is 11.9. The van der Waals surface area contributed by atoms with E-state index in [2.05, 4.69) is 30.4 Å². The lowest BCUT2D eigenvalue weighted by Crippen LogP contribution is -2.27. The van der Waals surface area contributed by atoms with Gasteiger partial charge in [-0.05, 0) is 43.4 Å². The molecule has 0 radical (unpaired) electrons. The number of hydrogen-bond acceptors (Lipinski definition) is 3. The first-order chi connectivity index (χ1) is 9.47. The molecule has 4 heteroatoms.